The predicted molar refractivity (Wildman–Crippen MR) is 43.8 cm³/mol. The Morgan fingerprint density at radius 3 is 3.00 bits per heavy atom. The summed E-state index contributed by atoms with van der Waals surface area (Å²) in [7, 11) is 1.55. The molecular weight excluding hydrogens is 156 g/mol. The number of aromatic amines is 1. The first-order valence-electron chi connectivity index (χ1n) is 3.91. The Hall–Kier alpha value is -1.39. The normalized spacial score (nSPS) is 9.83. The van der Waals surface area contributed by atoms with E-state index in [1.165, 1.54) is 0 Å². The number of carbonyl (C=O) groups excluding carboxylic acids is 1. The van der Waals surface area contributed by atoms with Gasteiger partial charge in [-0.15, -0.1) is 5.10 Å². The predicted octanol–water partition coefficient (Wildman–Crippen LogP) is 0.117. The van der Waals surface area contributed by atoms with Crippen molar-refractivity contribution in [2.45, 2.75) is 19.8 Å². The summed E-state index contributed by atoms with van der Waals surface area (Å²) >= 11 is 0. The molecule has 0 fully saturated rings. The lowest BCUT2D eigenvalue weighted by molar-refractivity contribution is 0.0953. The molecule has 0 radical (unpaired) electrons. The summed E-state index contributed by atoms with van der Waals surface area (Å²) in [5, 5.41) is 8.91. The zero-order valence-corrected chi connectivity index (χ0v) is 7.22. The molecule has 1 rings (SSSR count). The van der Waals surface area contributed by atoms with Gasteiger partial charge in [0, 0.05) is 13.5 Å². The Kier molecular flexibility index (Phi) is 2.79. The quantitative estimate of drug-likeness (QED) is 0.673. The average Bonchev–Trinajstić information content (AvgIpc) is 2.52. The van der Waals surface area contributed by atoms with Gasteiger partial charge in [0.05, 0.1) is 0 Å². The maximum atomic E-state index is 11.0. The molecule has 1 amide bonds. The Bertz CT molecular complexity index is 268. The van der Waals surface area contributed by atoms with Gasteiger partial charge in [-0.25, -0.2) is 4.98 Å². The van der Waals surface area contributed by atoms with E-state index in [4.69, 9.17) is 0 Å². The third kappa shape index (κ3) is 1.81. The SMILES string of the molecule is CCCc1nc(C(=O)NC)n[nH]1. The molecule has 66 valence electrons. The fraction of sp³-hybridized carbons (Fsp3) is 0.571. The first kappa shape index (κ1) is 8.70. The third-order valence-electron chi connectivity index (χ3n) is 1.45. The second-order valence-corrected chi connectivity index (χ2v) is 2.43. The van der Waals surface area contributed by atoms with Gasteiger partial charge in [-0.3, -0.25) is 9.89 Å². The number of nitrogens with zero attached hydrogens (tertiary/aromatic N) is 2. The highest BCUT2D eigenvalue weighted by Crippen LogP contribution is 1.95. The topological polar surface area (TPSA) is 70.7 Å². The van der Waals surface area contributed by atoms with Crippen LogP contribution in [0.5, 0.6) is 0 Å². The molecule has 12 heavy (non-hydrogen) atoms. The summed E-state index contributed by atoms with van der Waals surface area (Å²) in [5.41, 5.74) is 0. The number of H-pyrrole nitrogens is 1. The minimum absolute atomic E-state index is 0.209. The third-order valence-corrected chi connectivity index (χ3v) is 1.45. The van der Waals surface area contributed by atoms with Gasteiger partial charge in [0.2, 0.25) is 5.82 Å². The van der Waals surface area contributed by atoms with Gasteiger partial charge in [0.15, 0.2) is 0 Å². The summed E-state index contributed by atoms with van der Waals surface area (Å²) in [4.78, 5) is 15.0. The molecule has 2 N–H and O–H groups in total. The van der Waals surface area contributed by atoms with Crippen LogP contribution in [0, 0.1) is 0 Å². The number of carbonyl (C=O) groups is 1. The van der Waals surface area contributed by atoms with Gasteiger partial charge < -0.3 is 5.32 Å². The minimum atomic E-state index is -0.256. The van der Waals surface area contributed by atoms with Gasteiger partial charge in [-0.2, -0.15) is 0 Å². The summed E-state index contributed by atoms with van der Waals surface area (Å²) in [5.74, 6) is 0.714. The smallest absolute Gasteiger partial charge is 0.290 e. The summed E-state index contributed by atoms with van der Waals surface area (Å²) < 4.78 is 0. The van der Waals surface area contributed by atoms with Gasteiger partial charge in [-0.05, 0) is 6.42 Å². The van der Waals surface area contributed by atoms with Crippen molar-refractivity contribution in [3.63, 3.8) is 0 Å². The monoisotopic (exact) mass is 168 g/mol. The van der Waals surface area contributed by atoms with Gasteiger partial charge in [-0.1, -0.05) is 6.92 Å². The number of rotatable bonds is 3. The fourth-order valence-electron chi connectivity index (χ4n) is 0.857. The maximum absolute atomic E-state index is 11.0. The molecule has 0 atom stereocenters. The van der Waals surface area contributed by atoms with Crippen molar-refractivity contribution in [1.82, 2.24) is 20.5 Å². The van der Waals surface area contributed by atoms with Crippen molar-refractivity contribution in [2.24, 2.45) is 0 Å². The minimum Gasteiger partial charge on any atom is -0.352 e. The zero-order chi connectivity index (χ0) is 8.97. The number of nitrogens with one attached hydrogen (secondary N) is 2. The molecule has 0 unspecified atom stereocenters. The molecule has 0 saturated carbocycles. The van der Waals surface area contributed by atoms with E-state index in [2.05, 4.69) is 20.5 Å². The van der Waals surface area contributed by atoms with E-state index in [1.807, 2.05) is 6.92 Å². The van der Waals surface area contributed by atoms with E-state index in [1.54, 1.807) is 7.05 Å². The Balaban J connectivity index is 2.70. The highest BCUT2D eigenvalue weighted by molar-refractivity contribution is 5.89. The van der Waals surface area contributed by atoms with Crippen molar-refractivity contribution in [3.05, 3.63) is 11.6 Å². The molecule has 1 aromatic heterocycles. The summed E-state index contributed by atoms with van der Waals surface area (Å²) in [6.45, 7) is 2.04. The maximum Gasteiger partial charge on any atom is 0.290 e. The summed E-state index contributed by atoms with van der Waals surface area (Å²) in [6.07, 6.45) is 1.81. The van der Waals surface area contributed by atoms with Crippen molar-refractivity contribution < 1.29 is 4.79 Å². The number of aromatic nitrogens is 3. The van der Waals surface area contributed by atoms with Crippen LogP contribution in [-0.2, 0) is 6.42 Å². The van der Waals surface area contributed by atoms with Crippen molar-refractivity contribution >= 4 is 5.91 Å². The van der Waals surface area contributed by atoms with Crippen molar-refractivity contribution in [2.75, 3.05) is 7.05 Å². The van der Waals surface area contributed by atoms with E-state index in [0.29, 0.717) is 0 Å². The van der Waals surface area contributed by atoms with Crippen LogP contribution in [-0.4, -0.2) is 28.1 Å². The average molecular weight is 168 g/mol. The fourth-order valence-corrected chi connectivity index (χ4v) is 0.857. The van der Waals surface area contributed by atoms with Crippen molar-refractivity contribution in [1.29, 1.82) is 0 Å². The molecule has 0 aliphatic heterocycles. The van der Waals surface area contributed by atoms with Crippen LogP contribution >= 0.6 is 0 Å². The Morgan fingerprint density at radius 1 is 1.67 bits per heavy atom. The standard InChI is InChI=1S/C7H12N4O/c1-3-4-5-9-6(11-10-5)7(12)8-2/h3-4H2,1-2H3,(H,8,12)(H,9,10,11). The Labute approximate surface area is 70.6 Å². The highest BCUT2D eigenvalue weighted by Gasteiger charge is 2.08. The lowest BCUT2D eigenvalue weighted by atomic mass is 10.3. The molecule has 1 aromatic rings. The lowest BCUT2D eigenvalue weighted by Gasteiger charge is -1.89. The number of hydrogen-bond donors (Lipinski definition) is 2. The van der Waals surface area contributed by atoms with Gasteiger partial charge in [0.25, 0.3) is 5.91 Å². The molecule has 0 saturated heterocycles. The second kappa shape index (κ2) is 3.85. The number of hydrogen-bond acceptors (Lipinski definition) is 3. The van der Waals surface area contributed by atoms with Crippen LogP contribution in [0.1, 0.15) is 29.8 Å². The van der Waals surface area contributed by atoms with E-state index in [0.717, 1.165) is 18.7 Å². The van der Waals surface area contributed by atoms with E-state index < -0.39 is 0 Å². The first-order chi connectivity index (χ1) is 5.77. The van der Waals surface area contributed by atoms with E-state index >= 15 is 0 Å². The van der Waals surface area contributed by atoms with E-state index in [-0.39, 0.29) is 11.7 Å². The lowest BCUT2D eigenvalue weighted by Crippen LogP contribution is -2.19. The molecule has 5 nitrogen and oxygen atoms in total. The number of amides is 1. The highest BCUT2D eigenvalue weighted by atomic mass is 16.2. The molecule has 1 heterocycles. The van der Waals surface area contributed by atoms with Gasteiger partial charge >= 0.3 is 0 Å². The first-order valence-corrected chi connectivity index (χ1v) is 3.91. The summed E-state index contributed by atoms with van der Waals surface area (Å²) in [6, 6.07) is 0. The van der Waals surface area contributed by atoms with Crippen molar-refractivity contribution in [3.8, 4) is 0 Å². The van der Waals surface area contributed by atoms with Crippen LogP contribution in [0.3, 0.4) is 0 Å². The molecular formula is C7H12N4O. The Morgan fingerprint density at radius 2 is 2.42 bits per heavy atom. The molecule has 5 heteroatoms. The molecule has 0 aliphatic carbocycles. The second-order valence-electron chi connectivity index (χ2n) is 2.43. The van der Waals surface area contributed by atoms with Crippen LogP contribution < -0.4 is 5.32 Å². The molecule has 0 spiro atoms. The number of aryl methyl sites for hydroxylation is 1. The van der Waals surface area contributed by atoms with Gasteiger partial charge in [0.1, 0.15) is 5.82 Å². The molecule has 0 aromatic carbocycles. The van der Waals surface area contributed by atoms with Crippen LogP contribution in [0.4, 0.5) is 0 Å². The van der Waals surface area contributed by atoms with Crippen LogP contribution in [0.2, 0.25) is 0 Å². The van der Waals surface area contributed by atoms with Crippen LogP contribution in [0.15, 0.2) is 0 Å². The zero-order valence-electron chi connectivity index (χ0n) is 7.22. The molecule has 0 aliphatic rings. The van der Waals surface area contributed by atoms with Crippen LogP contribution in [0.25, 0.3) is 0 Å². The van der Waals surface area contributed by atoms with E-state index in [9.17, 15) is 4.79 Å². The molecule has 0 bridgehead atoms. The largest absolute Gasteiger partial charge is 0.352 e.